The Hall–Kier alpha value is -0.610. The number of nitrogens with two attached hydrogens (primary N) is 2. The first-order chi connectivity index (χ1) is 10.1. The van der Waals surface area contributed by atoms with E-state index in [1.165, 1.54) is 25.7 Å². The van der Waals surface area contributed by atoms with Gasteiger partial charge in [0.2, 0.25) is 5.91 Å². The van der Waals surface area contributed by atoms with Gasteiger partial charge in [-0.15, -0.1) is 0 Å². The molecule has 0 aromatic heterocycles. The third kappa shape index (κ3) is 2.85. The summed E-state index contributed by atoms with van der Waals surface area (Å²) in [5, 5.41) is 0. The van der Waals surface area contributed by atoms with E-state index in [0.717, 1.165) is 25.8 Å². The molecule has 0 radical (unpaired) electrons. The molecule has 2 aliphatic carbocycles. The van der Waals surface area contributed by atoms with Crippen LogP contribution in [0.3, 0.4) is 0 Å². The molecular formula is C17H31N3O. The lowest BCUT2D eigenvalue weighted by molar-refractivity contribution is -0.143. The summed E-state index contributed by atoms with van der Waals surface area (Å²) in [5.41, 5.74) is 12.3. The average molecular weight is 293 g/mol. The molecule has 0 spiro atoms. The second-order valence-electron chi connectivity index (χ2n) is 7.65. The van der Waals surface area contributed by atoms with E-state index >= 15 is 0 Å². The largest absolute Gasteiger partial charge is 0.338 e. The molecule has 0 aromatic rings. The van der Waals surface area contributed by atoms with E-state index in [9.17, 15) is 4.79 Å². The van der Waals surface area contributed by atoms with Crippen molar-refractivity contribution in [2.24, 2.45) is 35.1 Å². The Morgan fingerprint density at radius 1 is 1.14 bits per heavy atom. The first-order valence-electron chi connectivity index (χ1n) is 8.88. The number of likely N-dealkylation sites (tertiary alicyclic amines) is 1. The van der Waals surface area contributed by atoms with Crippen LogP contribution in [-0.2, 0) is 4.79 Å². The van der Waals surface area contributed by atoms with Crippen LogP contribution in [0.4, 0.5) is 0 Å². The molecule has 4 unspecified atom stereocenters. The number of fused-ring (bicyclic) bond motifs is 2. The predicted octanol–water partition coefficient (Wildman–Crippen LogP) is 1.73. The SMILES string of the molecule is CC1CCCN(C(=O)C2CC3CCCC(C2)C3N)C1CN. The highest BCUT2D eigenvalue weighted by Crippen LogP contribution is 2.43. The molecular weight excluding hydrogens is 262 g/mol. The molecule has 4 heteroatoms. The zero-order chi connectivity index (χ0) is 15.0. The minimum Gasteiger partial charge on any atom is -0.338 e. The van der Waals surface area contributed by atoms with Gasteiger partial charge in [0.1, 0.15) is 0 Å². The van der Waals surface area contributed by atoms with E-state index in [2.05, 4.69) is 11.8 Å². The molecule has 120 valence electrons. The lowest BCUT2D eigenvalue weighted by atomic mass is 9.64. The van der Waals surface area contributed by atoms with Crippen molar-refractivity contribution in [3.8, 4) is 0 Å². The molecule has 1 saturated heterocycles. The summed E-state index contributed by atoms with van der Waals surface area (Å²) >= 11 is 0. The Bertz CT molecular complexity index is 372. The predicted molar refractivity (Wildman–Crippen MR) is 84.5 cm³/mol. The van der Waals surface area contributed by atoms with Gasteiger partial charge < -0.3 is 16.4 Å². The summed E-state index contributed by atoms with van der Waals surface area (Å²) in [7, 11) is 0. The minimum absolute atomic E-state index is 0.208. The van der Waals surface area contributed by atoms with Gasteiger partial charge in [-0.2, -0.15) is 0 Å². The van der Waals surface area contributed by atoms with Crippen LogP contribution >= 0.6 is 0 Å². The first-order valence-corrected chi connectivity index (χ1v) is 8.88. The molecule has 2 bridgehead atoms. The van der Waals surface area contributed by atoms with Gasteiger partial charge in [0, 0.05) is 31.1 Å². The number of nitrogens with zero attached hydrogens (tertiary/aromatic N) is 1. The van der Waals surface area contributed by atoms with Crippen molar-refractivity contribution < 1.29 is 4.79 Å². The Labute approximate surface area is 128 Å². The van der Waals surface area contributed by atoms with Crippen molar-refractivity contribution in [1.82, 2.24) is 4.90 Å². The maximum Gasteiger partial charge on any atom is 0.226 e. The average Bonchev–Trinajstić information content (AvgIpc) is 2.46. The van der Waals surface area contributed by atoms with Crippen LogP contribution in [0.5, 0.6) is 0 Å². The van der Waals surface area contributed by atoms with E-state index in [-0.39, 0.29) is 12.0 Å². The molecule has 4 N–H and O–H groups in total. The van der Waals surface area contributed by atoms with Gasteiger partial charge in [0.15, 0.2) is 0 Å². The van der Waals surface area contributed by atoms with Crippen LogP contribution in [0.15, 0.2) is 0 Å². The minimum atomic E-state index is 0.208. The second-order valence-corrected chi connectivity index (χ2v) is 7.65. The number of carbonyl (C=O) groups is 1. The number of amides is 1. The van der Waals surface area contributed by atoms with Crippen molar-refractivity contribution in [3.63, 3.8) is 0 Å². The van der Waals surface area contributed by atoms with Crippen molar-refractivity contribution >= 4 is 5.91 Å². The summed E-state index contributed by atoms with van der Waals surface area (Å²) in [5.74, 6) is 2.27. The summed E-state index contributed by atoms with van der Waals surface area (Å²) in [6.45, 7) is 3.75. The number of rotatable bonds is 2. The lowest BCUT2D eigenvalue weighted by Crippen LogP contribution is -2.55. The topological polar surface area (TPSA) is 72.3 Å². The molecule has 3 fully saturated rings. The van der Waals surface area contributed by atoms with Crippen LogP contribution in [-0.4, -0.2) is 36.0 Å². The van der Waals surface area contributed by atoms with E-state index in [4.69, 9.17) is 11.5 Å². The van der Waals surface area contributed by atoms with Crippen LogP contribution in [0, 0.1) is 23.7 Å². The summed E-state index contributed by atoms with van der Waals surface area (Å²) in [6, 6.07) is 0.593. The van der Waals surface area contributed by atoms with E-state index in [0.29, 0.717) is 36.2 Å². The maximum absolute atomic E-state index is 13.0. The molecule has 2 saturated carbocycles. The zero-order valence-electron chi connectivity index (χ0n) is 13.3. The van der Waals surface area contributed by atoms with Gasteiger partial charge in [0.25, 0.3) is 0 Å². The highest BCUT2D eigenvalue weighted by molar-refractivity contribution is 5.79. The molecule has 21 heavy (non-hydrogen) atoms. The molecule has 0 aromatic carbocycles. The molecule has 4 nitrogen and oxygen atoms in total. The van der Waals surface area contributed by atoms with Crippen LogP contribution in [0.25, 0.3) is 0 Å². The molecule has 1 aliphatic heterocycles. The van der Waals surface area contributed by atoms with Gasteiger partial charge in [0.05, 0.1) is 0 Å². The van der Waals surface area contributed by atoms with Gasteiger partial charge in [-0.25, -0.2) is 0 Å². The Morgan fingerprint density at radius 2 is 1.81 bits per heavy atom. The van der Waals surface area contributed by atoms with Crippen LogP contribution < -0.4 is 11.5 Å². The van der Waals surface area contributed by atoms with Gasteiger partial charge in [-0.3, -0.25) is 4.79 Å². The maximum atomic E-state index is 13.0. The number of hydrogen-bond donors (Lipinski definition) is 2. The quantitative estimate of drug-likeness (QED) is 0.814. The smallest absolute Gasteiger partial charge is 0.226 e. The third-order valence-corrected chi connectivity index (χ3v) is 6.40. The van der Waals surface area contributed by atoms with E-state index < -0.39 is 0 Å². The van der Waals surface area contributed by atoms with Crippen LogP contribution in [0.1, 0.15) is 51.9 Å². The third-order valence-electron chi connectivity index (χ3n) is 6.40. The van der Waals surface area contributed by atoms with Crippen molar-refractivity contribution in [2.45, 2.75) is 64.0 Å². The Balaban J connectivity index is 1.70. The van der Waals surface area contributed by atoms with Crippen molar-refractivity contribution in [1.29, 1.82) is 0 Å². The normalized spacial score (nSPS) is 43.7. The number of carbonyl (C=O) groups excluding carboxylic acids is 1. The summed E-state index contributed by atoms with van der Waals surface area (Å²) < 4.78 is 0. The lowest BCUT2D eigenvalue weighted by Gasteiger charge is -2.47. The number of piperidine rings is 1. The molecule has 3 rings (SSSR count). The summed E-state index contributed by atoms with van der Waals surface area (Å²) in [4.78, 5) is 15.2. The fourth-order valence-corrected chi connectivity index (χ4v) is 5.11. The Kier molecular flexibility index (Phi) is 4.55. The molecule has 1 amide bonds. The van der Waals surface area contributed by atoms with Gasteiger partial charge in [-0.05, 0) is 56.3 Å². The van der Waals surface area contributed by atoms with Crippen molar-refractivity contribution in [2.75, 3.05) is 13.1 Å². The van der Waals surface area contributed by atoms with E-state index in [1.807, 2.05) is 0 Å². The fourth-order valence-electron chi connectivity index (χ4n) is 5.11. The van der Waals surface area contributed by atoms with Gasteiger partial charge in [-0.1, -0.05) is 13.3 Å². The zero-order valence-corrected chi connectivity index (χ0v) is 13.3. The monoisotopic (exact) mass is 293 g/mol. The van der Waals surface area contributed by atoms with Crippen molar-refractivity contribution in [3.05, 3.63) is 0 Å². The highest BCUT2D eigenvalue weighted by Gasteiger charge is 2.43. The first kappa shape index (κ1) is 15.3. The van der Waals surface area contributed by atoms with Gasteiger partial charge >= 0.3 is 0 Å². The Morgan fingerprint density at radius 3 is 2.43 bits per heavy atom. The second kappa shape index (κ2) is 6.25. The highest BCUT2D eigenvalue weighted by atomic mass is 16.2. The molecule has 3 aliphatic rings. The fraction of sp³-hybridized carbons (Fsp3) is 0.941. The van der Waals surface area contributed by atoms with Crippen LogP contribution in [0.2, 0.25) is 0 Å². The standard InChI is InChI=1S/C17H31N3O/c1-11-4-3-7-20(15(11)10-18)17(21)14-8-12-5-2-6-13(9-14)16(12)19/h11-16H,2-10,18-19H2,1H3. The molecule has 4 atom stereocenters. The molecule has 1 heterocycles. The van der Waals surface area contributed by atoms with E-state index in [1.54, 1.807) is 0 Å². The number of hydrogen-bond acceptors (Lipinski definition) is 3. The summed E-state index contributed by atoms with van der Waals surface area (Å²) in [6.07, 6.45) is 8.10.